The first-order valence-electron chi connectivity index (χ1n) is 5.50. The zero-order valence-electron chi connectivity index (χ0n) is 9.17. The van der Waals surface area contributed by atoms with E-state index < -0.39 is 9.84 Å². The van der Waals surface area contributed by atoms with Crippen LogP contribution in [0.4, 0.5) is 0 Å². The fourth-order valence-corrected chi connectivity index (χ4v) is 4.01. The van der Waals surface area contributed by atoms with E-state index in [1.54, 1.807) is 12.5 Å². The van der Waals surface area contributed by atoms with Gasteiger partial charge in [-0.3, -0.25) is 0 Å². The molecule has 16 heavy (non-hydrogen) atoms. The van der Waals surface area contributed by atoms with E-state index in [0.29, 0.717) is 18.1 Å². The van der Waals surface area contributed by atoms with Crippen LogP contribution in [0.15, 0.2) is 12.5 Å². The van der Waals surface area contributed by atoms with Crippen LogP contribution in [0.3, 0.4) is 0 Å². The lowest BCUT2D eigenvalue weighted by Crippen LogP contribution is -2.15. The molecule has 1 aliphatic rings. The van der Waals surface area contributed by atoms with Crippen molar-refractivity contribution < 1.29 is 8.42 Å². The molecule has 6 heteroatoms. The smallest absolute Gasteiger partial charge is 0.150 e. The summed E-state index contributed by atoms with van der Waals surface area (Å²) in [6.07, 6.45) is 5.12. The number of hydrogen-bond acceptors (Lipinski definition) is 4. The highest BCUT2D eigenvalue weighted by Gasteiger charge is 2.28. The normalized spacial score (nSPS) is 23.7. The van der Waals surface area contributed by atoms with Crippen molar-refractivity contribution in [2.45, 2.75) is 19.4 Å². The van der Waals surface area contributed by atoms with Crippen LogP contribution in [0.1, 0.15) is 12.1 Å². The average Bonchev–Trinajstić information content (AvgIpc) is 2.76. The van der Waals surface area contributed by atoms with Crippen LogP contribution in [0.25, 0.3) is 0 Å². The van der Waals surface area contributed by atoms with Gasteiger partial charge in [0.2, 0.25) is 0 Å². The lowest BCUT2D eigenvalue weighted by molar-refractivity contribution is 0.480. The van der Waals surface area contributed by atoms with Crippen molar-refractivity contribution in [2.75, 3.05) is 18.1 Å². The Morgan fingerprint density at radius 3 is 3.00 bits per heavy atom. The molecule has 1 aliphatic heterocycles. The van der Waals surface area contributed by atoms with Gasteiger partial charge in [-0.1, -0.05) is 0 Å². The Morgan fingerprint density at radius 1 is 1.56 bits per heavy atom. The average molecular weight is 243 g/mol. The summed E-state index contributed by atoms with van der Waals surface area (Å²) >= 11 is 0. The molecule has 2 rings (SSSR count). The third-order valence-corrected chi connectivity index (χ3v) is 4.82. The molecule has 1 atom stereocenters. The van der Waals surface area contributed by atoms with Crippen molar-refractivity contribution in [1.29, 1.82) is 0 Å². The molecule has 90 valence electrons. The second-order valence-corrected chi connectivity index (χ2v) is 6.57. The van der Waals surface area contributed by atoms with Gasteiger partial charge >= 0.3 is 0 Å². The Hall–Kier alpha value is -0.880. The molecule has 1 saturated heterocycles. The molecule has 5 nitrogen and oxygen atoms in total. The largest absolute Gasteiger partial charge is 0.334 e. The van der Waals surface area contributed by atoms with E-state index in [-0.39, 0.29) is 5.92 Å². The van der Waals surface area contributed by atoms with E-state index in [1.807, 2.05) is 4.57 Å². The van der Waals surface area contributed by atoms with Crippen LogP contribution < -0.4 is 5.73 Å². The van der Waals surface area contributed by atoms with Crippen LogP contribution in [0.2, 0.25) is 0 Å². The van der Waals surface area contributed by atoms with Gasteiger partial charge in [-0.15, -0.1) is 0 Å². The van der Waals surface area contributed by atoms with Crippen LogP contribution in [-0.2, 0) is 22.8 Å². The van der Waals surface area contributed by atoms with Crippen molar-refractivity contribution in [3.8, 4) is 0 Å². The SMILES string of the molecule is NCCc1cncn1CC1CCS(=O)(=O)C1. The summed E-state index contributed by atoms with van der Waals surface area (Å²) < 4.78 is 24.7. The molecule has 0 amide bonds. The molecule has 2 N–H and O–H groups in total. The van der Waals surface area contributed by atoms with Crippen molar-refractivity contribution in [3.05, 3.63) is 18.2 Å². The van der Waals surface area contributed by atoms with Gasteiger partial charge in [-0.25, -0.2) is 13.4 Å². The topological polar surface area (TPSA) is 78.0 Å². The van der Waals surface area contributed by atoms with E-state index in [9.17, 15) is 8.42 Å². The molecule has 1 aromatic rings. The molecule has 1 unspecified atom stereocenters. The Labute approximate surface area is 95.6 Å². The second kappa shape index (κ2) is 4.55. The third-order valence-electron chi connectivity index (χ3n) is 2.98. The summed E-state index contributed by atoms with van der Waals surface area (Å²) in [6.45, 7) is 1.34. The quantitative estimate of drug-likeness (QED) is 0.795. The molecule has 0 bridgehead atoms. The molecular formula is C10H17N3O2S. The number of sulfone groups is 1. The first kappa shape index (κ1) is 11.6. The molecule has 0 radical (unpaired) electrons. The Bertz CT molecular complexity index is 452. The summed E-state index contributed by atoms with van der Waals surface area (Å²) in [6, 6.07) is 0. The van der Waals surface area contributed by atoms with Gasteiger partial charge in [0.15, 0.2) is 9.84 Å². The molecule has 0 spiro atoms. The van der Waals surface area contributed by atoms with Gasteiger partial charge in [0.1, 0.15) is 0 Å². The van der Waals surface area contributed by atoms with E-state index in [2.05, 4.69) is 4.98 Å². The van der Waals surface area contributed by atoms with Gasteiger partial charge in [-0.2, -0.15) is 0 Å². The van der Waals surface area contributed by atoms with Crippen LogP contribution in [-0.4, -0.2) is 36.0 Å². The third kappa shape index (κ3) is 2.62. The zero-order valence-corrected chi connectivity index (χ0v) is 9.99. The van der Waals surface area contributed by atoms with E-state index in [1.165, 1.54) is 0 Å². The molecular weight excluding hydrogens is 226 g/mol. The maximum absolute atomic E-state index is 11.3. The second-order valence-electron chi connectivity index (χ2n) is 4.35. The highest BCUT2D eigenvalue weighted by atomic mass is 32.2. The number of nitrogens with two attached hydrogens (primary N) is 1. The Morgan fingerprint density at radius 2 is 2.38 bits per heavy atom. The van der Waals surface area contributed by atoms with Crippen molar-refractivity contribution in [2.24, 2.45) is 11.7 Å². The van der Waals surface area contributed by atoms with Crippen LogP contribution in [0.5, 0.6) is 0 Å². The van der Waals surface area contributed by atoms with E-state index in [0.717, 1.165) is 25.1 Å². The zero-order chi connectivity index (χ0) is 11.6. The van der Waals surface area contributed by atoms with Crippen molar-refractivity contribution >= 4 is 9.84 Å². The molecule has 1 aromatic heterocycles. The van der Waals surface area contributed by atoms with Crippen LogP contribution in [0, 0.1) is 5.92 Å². The first-order valence-corrected chi connectivity index (χ1v) is 7.32. The van der Waals surface area contributed by atoms with Crippen molar-refractivity contribution in [3.63, 3.8) is 0 Å². The lowest BCUT2D eigenvalue weighted by Gasteiger charge is -2.11. The molecule has 1 fully saturated rings. The highest BCUT2D eigenvalue weighted by molar-refractivity contribution is 7.91. The number of hydrogen-bond donors (Lipinski definition) is 1. The fourth-order valence-electron chi connectivity index (χ4n) is 2.16. The monoisotopic (exact) mass is 243 g/mol. The minimum absolute atomic E-state index is 0.232. The summed E-state index contributed by atoms with van der Waals surface area (Å²) in [7, 11) is -2.78. The Balaban J connectivity index is 2.02. The summed E-state index contributed by atoms with van der Waals surface area (Å²) in [5.41, 5.74) is 6.59. The van der Waals surface area contributed by atoms with E-state index in [4.69, 9.17) is 5.73 Å². The van der Waals surface area contributed by atoms with Gasteiger partial charge < -0.3 is 10.3 Å². The summed E-state index contributed by atoms with van der Waals surface area (Å²) in [5, 5.41) is 0. The Kier molecular flexibility index (Phi) is 3.30. The summed E-state index contributed by atoms with van der Waals surface area (Å²) in [5.74, 6) is 0.877. The number of nitrogens with zero attached hydrogens (tertiary/aromatic N) is 2. The number of imidazole rings is 1. The van der Waals surface area contributed by atoms with E-state index >= 15 is 0 Å². The van der Waals surface area contributed by atoms with Gasteiger partial charge in [0.05, 0.1) is 17.8 Å². The first-order chi connectivity index (χ1) is 7.61. The predicted molar refractivity (Wildman–Crippen MR) is 61.7 cm³/mol. The van der Waals surface area contributed by atoms with Gasteiger partial charge in [0.25, 0.3) is 0 Å². The predicted octanol–water partition coefficient (Wildman–Crippen LogP) is -0.181. The number of rotatable bonds is 4. The van der Waals surface area contributed by atoms with Crippen LogP contribution >= 0.6 is 0 Å². The lowest BCUT2D eigenvalue weighted by atomic mass is 10.1. The summed E-state index contributed by atoms with van der Waals surface area (Å²) in [4.78, 5) is 4.08. The fraction of sp³-hybridized carbons (Fsp3) is 0.700. The van der Waals surface area contributed by atoms with Gasteiger partial charge in [0, 0.05) is 24.9 Å². The standard InChI is InChI=1S/C10H17N3O2S/c11-3-1-10-5-12-8-13(10)6-9-2-4-16(14,15)7-9/h5,8-9H,1-4,6-7,11H2. The highest BCUT2D eigenvalue weighted by Crippen LogP contribution is 2.20. The molecule has 0 aliphatic carbocycles. The minimum Gasteiger partial charge on any atom is -0.334 e. The van der Waals surface area contributed by atoms with Crippen molar-refractivity contribution in [1.82, 2.24) is 9.55 Å². The molecule has 2 heterocycles. The minimum atomic E-state index is -2.78. The number of aromatic nitrogens is 2. The molecule has 0 aromatic carbocycles. The maximum atomic E-state index is 11.3. The van der Waals surface area contributed by atoms with Gasteiger partial charge in [-0.05, 0) is 18.9 Å². The maximum Gasteiger partial charge on any atom is 0.150 e. The molecule has 0 saturated carbocycles.